The largest absolute Gasteiger partial charge is 0.370 e. The zero-order valence-electron chi connectivity index (χ0n) is 11.4. The van der Waals surface area contributed by atoms with Gasteiger partial charge in [0.1, 0.15) is 16.8 Å². The number of benzene rings is 1. The van der Waals surface area contributed by atoms with E-state index in [2.05, 4.69) is 22.9 Å². The van der Waals surface area contributed by atoms with Crippen molar-refractivity contribution in [1.29, 1.82) is 5.26 Å². The normalized spacial score (nSPS) is 16.4. The Morgan fingerprint density at radius 2 is 2.00 bits per heavy atom. The zero-order chi connectivity index (χ0) is 14.1. The fourth-order valence-electron chi connectivity index (χ4n) is 2.83. The molecule has 0 saturated carbocycles. The summed E-state index contributed by atoms with van der Waals surface area (Å²) in [5, 5.41) is 10.8. The molecular formula is C16H16ClN3. The number of fused-ring (bicyclic) bond motifs is 1. The Balaban J connectivity index is 2.19. The van der Waals surface area contributed by atoms with E-state index in [4.69, 9.17) is 11.6 Å². The Kier molecular flexibility index (Phi) is 3.50. The summed E-state index contributed by atoms with van der Waals surface area (Å²) in [4.78, 5) is 6.62. The van der Waals surface area contributed by atoms with Crippen LogP contribution in [-0.4, -0.2) is 18.1 Å². The highest BCUT2D eigenvalue weighted by atomic mass is 35.5. The highest BCUT2D eigenvalue weighted by Gasteiger charge is 2.22. The summed E-state index contributed by atoms with van der Waals surface area (Å²) in [5.74, 6) is 0.750. The van der Waals surface area contributed by atoms with Crippen molar-refractivity contribution < 1.29 is 0 Å². The average molecular weight is 286 g/mol. The molecule has 1 fully saturated rings. The van der Waals surface area contributed by atoms with Crippen LogP contribution in [0, 0.1) is 17.2 Å². The maximum atomic E-state index is 9.44. The summed E-state index contributed by atoms with van der Waals surface area (Å²) in [6, 6.07) is 10.1. The second-order valence-electron chi connectivity index (χ2n) is 5.42. The lowest BCUT2D eigenvalue weighted by molar-refractivity contribution is 0.439. The van der Waals surface area contributed by atoms with E-state index in [9.17, 15) is 5.26 Å². The number of aromatic nitrogens is 1. The predicted molar refractivity (Wildman–Crippen MR) is 82.1 cm³/mol. The van der Waals surface area contributed by atoms with Crippen LogP contribution in [0.1, 0.15) is 25.3 Å². The Hall–Kier alpha value is -1.79. The Morgan fingerprint density at radius 1 is 1.30 bits per heavy atom. The molecule has 102 valence electrons. The molecule has 0 radical (unpaired) electrons. The maximum absolute atomic E-state index is 9.44. The number of rotatable bonds is 1. The van der Waals surface area contributed by atoms with Crippen LogP contribution in [0.25, 0.3) is 10.9 Å². The highest BCUT2D eigenvalue weighted by molar-refractivity contribution is 6.31. The van der Waals surface area contributed by atoms with E-state index in [1.54, 1.807) is 0 Å². The Labute approximate surface area is 123 Å². The molecule has 0 unspecified atom stereocenters. The minimum atomic E-state index is 0.305. The number of pyridine rings is 1. The fourth-order valence-corrected chi connectivity index (χ4v) is 3.05. The summed E-state index contributed by atoms with van der Waals surface area (Å²) >= 11 is 6.20. The summed E-state index contributed by atoms with van der Waals surface area (Å²) < 4.78 is 0. The molecule has 0 N–H and O–H groups in total. The van der Waals surface area contributed by atoms with Gasteiger partial charge in [0, 0.05) is 18.5 Å². The molecule has 1 aromatic carbocycles. The molecule has 20 heavy (non-hydrogen) atoms. The lowest BCUT2D eigenvalue weighted by Gasteiger charge is -2.33. The summed E-state index contributed by atoms with van der Waals surface area (Å²) in [6.45, 7) is 4.22. The number of halogens is 1. The third-order valence-corrected chi connectivity index (χ3v) is 4.31. The van der Waals surface area contributed by atoms with Gasteiger partial charge in [-0.05, 0) is 24.8 Å². The molecule has 3 nitrogen and oxygen atoms in total. The van der Waals surface area contributed by atoms with Crippen molar-refractivity contribution >= 4 is 28.2 Å². The molecule has 3 rings (SSSR count). The number of para-hydroxylation sites is 1. The highest BCUT2D eigenvalue weighted by Crippen LogP contribution is 2.35. The topological polar surface area (TPSA) is 39.9 Å². The molecular weight excluding hydrogens is 270 g/mol. The Morgan fingerprint density at radius 3 is 2.70 bits per heavy atom. The van der Waals surface area contributed by atoms with Gasteiger partial charge in [0.25, 0.3) is 0 Å². The SMILES string of the molecule is CC1CCN(c2c(C#N)c(Cl)nc3ccccc23)CC1. The molecule has 1 saturated heterocycles. The second kappa shape index (κ2) is 5.30. The van der Waals surface area contributed by atoms with Crippen LogP contribution >= 0.6 is 11.6 Å². The van der Waals surface area contributed by atoms with Gasteiger partial charge in [-0.1, -0.05) is 36.7 Å². The molecule has 0 aliphatic carbocycles. The third-order valence-electron chi connectivity index (χ3n) is 4.03. The van der Waals surface area contributed by atoms with E-state index in [0.29, 0.717) is 10.7 Å². The van der Waals surface area contributed by atoms with Crippen molar-refractivity contribution in [2.45, 2.75) is 19.8 Å². The van der Waals surface area contributed by atoms with Crippen LogP contribution in [-0.2, 0) is 0 Å². The molecule has 2 aromatic rings. The van der Waals surface area contributed by atoms with Crippen LogP contribution in [0.3, 0.4) is 0 Å². The average Bonchev–Trinajstić information content (AvgIpc) is 2.47. The van der Waals surface area contributed by atoms with E-state index in [1.165, 1.54) is 0 Å². The van der Waals surface area contributed by atoms with E-state index < -0.39 is 0 Å². The second-order valence-corrected chi connectivity index (χ2v) is 5.78. The van der Waals surface area contributed by atoms with Gasteiger partial charge in [0.2, 0.25) is 0 Å². The lowest BCUT2D eigenvalue weighted by Crippen LogP contribution is -2.33. The van der Waals surface area contributed by atoms with Gasteiger partial charge in [-0.15, -0.1) is 0 Å². The predicted octanol–water partition coefficient (Wildman–Crippen LogP) is 4.00. The van der Waals surface area contributed by atoms with Crippen LogP contribution in [0.4, 0.5) is 5.69 Å². The van der Waals surface area contributed by atoms with E-state index in [-0.39, 0.29) is 0 Å². The molecule has 1 aromatic heterocycles. The number of nitrogens with zero attached hydrogens (tertiary/aromatic N) is 3. The molecule has 0 spiro atoms. The molecule has 2 heterocycles. The van der Waals surface area contributed by atoms with E-state index in [0.717, 1.165) is 48.4 Å². The first-order valence-electron chi connectivity index (χ1n) is 6.94. The van der Waals surface area contributed by atoms with Gasteiger partial charge in [0.05, 0.1) is 11.2 Å². The molecule has 0 atom stereocenters. The standard InChI is InChI=1S/C16H16ClN3/c1-11-6-8-20(9-7-11)15-12-4-2-3-5-14(12)19-16(17)13(15)10-18/h2-5,11H,6-9H2,1H3. The van der Waals surface area contributed by atoms with Crippen molar-refractivity contribution in [2.24, 2.45) is 5.92 Å². The molecule has 0 amide bonds. The van der Waals surface area contributed by atoms with Crippen molar-refractivity contribution in [3.05, 3.63) is 35.0 Å². The monoisotopic (exact) mass is 285 g/mol. The lowest BCUT2D eigenvalue weighted by atomic mass is 9.97. The van der Waals surface area contributed by atoms with Crippen molar-refractivity contribution in [3.63, 3.8) is 0 Å². The van der Waals surface area contributed by atoms with Gasteiger partial charge in [-0.2, -0.15) is 5.26 Å². The van der Waals surface area contributed by atoms with Crippen LogP contribution in [0.15, 0.2) is 24.3 Å². The molecule has 1 aliphatic rings. The summed E-state index contributed by atoms with van der Waals surface area (Å²) in [6.07, 6.45) is 2.30. The van der Waals surface area contributed by atoms with E-state index in [1.807, 2.05) is 24.3 Å². The first kappa shape index (κ1) is 13.2. The van der Waals surface area contributed by atoms with Gasteiger partial charge >= 0.3 is 0 Å². The summed E-state index contributed by atoms with van der Waals surface area (Å²) in [7, 11) is 0. The third kappa shape index (κ3) is 2.21. The summed E-state index contributed by atoms with van der Waals surface area (Å²) in [5.41, 5.74) is 2.31. The van der Waals surface area contributed by atoms with Gasteiger partial charge in [-0.25, -0.2) is 4.98 Å². The minimum absolute atomic E-state index is 0.305. The smallest absolute Gasteiger partial charge is 0.149 e. The fraction of sp³-hybridized carbons (Fsp3) is 0.375. The number of nitriles is 1. The van der Waals surface area contributed by atoms with Gasteiger partial charge < -0.3 is 4.90 Å². The number of piperidine rings is 1. The maximum Gasteiger partial charge on any atom is 0.149 e. The minimum Gasteiger partial charge on any atom is -0.370 e. The van der Waals surface area contributed by atoms with Crippen LogP contribution in [0.5, 0.6) is 0 Å². The van der Waals surface area contributed by atoms with Gasteiger partial charge in [0.15, 0.2) is 0 Å². The van der Waals surface area contributed by atoms with Crippen LogP contribution < -0.4 is 4.90 Å². The number of hydrogen-bond donors (Lipinski definition) is 0. The van der Waals surface area contributed by atoms with Crippen molar-refractivity contribution in [3.8, 4) is 6.07 Å². The van der Waals surface area contributed by atoms with E-state index >= 15 is 0 Å². The first-order valence-corrected chi connectivity index (χ1v) is 7.32. The zero-order valence-corrected chi connectivity index (χ0v) is 12.2. The first-order chi connectivity index (χ1) is 9.70. The van der Waals surface area contributed by atoms with Crippen molar-refractivity contribution in [2.75, 3.05) is 18.0 Å². The molecule has 0 bridgehead atoms. The quantitative estimate of drug-likeness (QED) is 0.744. The molecule has 1 aliphatic heterocycles. The molecule has 4 heteroatoms. The van der Waals surface area contributed by atoms with Crippen molar-refractivity contribution in [1.82, 2.24) is 4.98 Å². The number of hydrogen-bond acceptors (Lipinski definition) is 3. The van der Waals surface area contributed by atoms with Gasteiger partial charge in [-0.3, -0.25) is 0 Å². The number of anilines is 1. The Bertz CT molecular complexity index is 682. The van der Waals surface area contributed by atoms with Crippen LogP contribution in [0.2, 0.25) is 5.15 Å².